The number of carbonyl (C=O) groups is 1. The molecule has 1 atom stereocenters. The zero-order valence-electron chi connectivity index (χ0n) is 12.9. The Morgan fingerprint density at radius 3 is 2.81 bits per heavy atom. The molecule has 1 saturated heterocycles. The fourth-order valence-corrected chi connectivity index (χ4v) is 3.10. The maximum atomic E-state index is 11.6. The van der Waals surface area contributed by atoms with E-state index in [0.29, 0.717) is 0 Å². The number of amides is 1. The average molecular weight is 354 g/mol. The molecule has 0 radical (unpaired) electrons. The molecule has 116 valence electrons. The maximum Gasteiger partial charge on any atom is 0.240 e. The second kappa shape index (κ2) is 6.36. The SMILES string of the molecule is CC(C)(C)NCc1cc(Br)ccc1N1CCCC1C(N)=O. The highest BCUT2D eigenvalue weighted by molar-refractivity contribution is 9.10. The Hall–Kier alpha value is -1.07. The molecule has 0 bridgehead atoms. The van der Waals surface area contributed by atoms with Crippen molar-refractivity contribution in [3.05, 3.63) is 28.2 Å². The summed E-state index contributed by atoms with van der Waals surface area (Å²) in [5.41, 5.74) is 7.89. The maximum absolute atomic E-state index is 11.6. The van der Waals surface area contributed by atoms with Crippen LogP contribution >= 0.6 is 15.9 Å². The van der Waals surface area contributed by atoms with Crippen LogP contribution in [0.2, 0.25) is 0 Å². The smallest absolute Gasteiger partial charge is 0.240 e. The lowest BCUT2D eigenvalue weighted by molar-refractivity contribution is -0.119. The van der Waals surface area contributed by atoms with Crippen molar-refractivity contribution in [1.29, 1.82) is 0 Å². The molecule has 1 fully saturated rings. The number of hydrogen-bond donors (Lipinski definition) is 2. The summed E-state index contributed by atoms with van der Waals surface area (Å²) in [4.78, 5) is 13.8. The second-order valence-corrected chi connectivity index (χ2v) is 7.55. The van der Waals surface area contributed by atoms with E-state index in [4.69, 9.17) is 5.73 Å². The Labute approximate surface area is 135 Å². The van der Waals surface area contributed by atoms with Crippen LogP contribution in [0.4, 0.5) is 5.69 Å². The molecule has 1 aromatic rings. The summed E-state index contributed by atoms with van der Waals surface area (Å²) in [5.74, 6) is -0.231. The molecular formula is C16H24BrN3O. The second-order valence-electron chi connectivity index (χ2n) is 6.63. The summed E-state index contributed by atoms with van der Waals surface area (Å²) in [5, 5.41) is 3.51. The number of nitrogens with zero attached hydrogens (tertiary/aromatic N) is 1. The number of nitrogens with two attached hydrogens (primary N) is 1. The molecule has 0 aromatic heterocycles. The molecule has 0 aliphatic carbocycles. The first-order valence-corrected chi connectivity index (χ1v) is 8.16. The standard InChI is InChI=1S/C16H24BrN3O/c1-16(2,3)19-10-11-9-12(17)6-7-13(11)20-8-4-5-14(20)15(18)21/h6-7,9,14,19H,4-5,8,10H2,1-3H3,(H2,18,21). The molecule has 1 unspecified atom stereocenters. The molecule has 4 nitrogen and oxygen atoms in total. The van der Waals surface area contributed by atoms with Crippen molar-refractivity contribution in [2.45, 2.75) is 51.7 Å². The van der Waals surface area contributed by atoms with Gasteiger partial charge in [0.15, 0.2) is 0 Å². The Bertz CT molecular complexity index is 525. The Morgan fingerprint density at radius 1 is 1.48 bits per heavy atom. The Balaban J connectivity index is 2.28. The van der Waals surface area contributed by atoms with Crippen molar-refractivity contribution >= 4 is 27.5 Å². The third kappa shape index (κ3) is 4.20. The largest absolute Gasteiger partial charge is 0.368 e. The lowest BCUT2D eigenvalue weighted by Crippen LogP contribution is -2.41. The number of nitrogens with one attached hydrogen (secondary N) is 1. The van der Waals surface area contributed by atoms with E-state index in [1.54, 1.807) is 0 Å². The molecule has 3 N–H and O–H groups in total. The Morgan fingerprint density at radius 2 is 2.19 bits per heavy atom. The minimum atomic E-state index is -0.231. The van der Waals surface area contributed by atoms with Crippen molar-refractivity contribution in [3.8, 4) is 0 Å². The van der Waals surface area contributed by atoms with Crippen LogP contribution in [0.15, 0.2) is 22.7 Å². The van der Waals surface area contributed by atoms with Gasteiger partial charge in [-0.05, 0) is 57.4 Å². The molecule has 5 heteroatoms. The zero-order valence-corrected chi connectivity index (χ0v) is 14.5. The predicted octanol–water partition coefficient (Wildman–Crippen LogP) is 2.79. The van der Waals surface area contributed by atoms with Gasteiger partial charge in [0.1, 0.15) is 6.04 Å². The molecule has 1 aromatic carbocycles. The molecule has 1 aliphatic heterocycles. The van der Waals surface area contributed by atoms with E-state index in [2.05, 4.69) is 59.1 Å². The normalized spacial score (nSPS) is 19.0. The van der Waals surface area contributed by atoms with Crippen LogP contribution in [-0.4, -0.2) is 24.0 Å². The molecule has 0 spiro atoms. The first-order chi connectivity index (χ1) is 9.78. The molecule has 1 amide bonds. The minimum absolute atomic E-state index is 0.0493. The molecular weight excluding hydrogens is 330 g/mol. The van der Waals surface area contributed by atoms with E-state index in [1.807, 2.05) is 6.07 Å². The van der Waals surface area contributed by atoms with Gasteiger partial charge in [-0.2, -0.15) is 0 Å². The van der Waals surface area contributed by atoms with Crippen molar-refractivity contribution in [2.24, 2.45) is 5.73 Å². The van der Waals surface area contributed by atoms with Crippen LogP contribution in [0.3, 0.4) is 0 Å². The monoisotopic (exact) mass is 353 g/mol. The third-order valence-electron chi connectivity index (χ3n) is 3.74. The summed E-state index contributed by atoms with van der Waals surface area (Å²) in [6.07, 6.45) is 1.85. The van der Waals surface area contributed by atoms with E-state index >= 15 is 0 Å². The molecule has 0 saturated carbocycles. The highest BCUT2D eigenvalue weighted by Gasteiger charge is 2.30. The number of primary amides is 1. The fourth-order valence-electron chi connectivity index (χ4n) is 2.69. The van der Waals surface area contributed by atoms with Gasteiger partial charge in [-0.15, -0.1) is 0 Å². The van der Waals surface area contributed by atoms with E-state index < -0.39 is 0 Å². The van der Waals surface area contributed by atoms with Crippen LogP contribution in [-0.2, 0) is 11.3 Å². The Kier molecular flexibility index (Phi) is 4.94. The van der Waals surface area contributed by atoms with Gasteiger partial charge in [-0.1, -0.05) is 15.9 Å². The number of benzene rings is 1. The summed E-state index contributed by atoms with van der Waals surface area (Å²) < 4.78 is 1.05. The highest BCUT2D eigenvalue weighted by Crippen LogP contribution is 2.31. The van der Waals surface area contributed by atoms with Crippen LogP contribution < -0.4 is 16.0 Å². The van der Waals surface area contributed by atoms with Gasteiger partial charge in [0.25, 0.3) is 0 Å². The van der Waals surface area contributed by atoms with E-state index in [1.165, 1.54) is 5.56 Å². The fraction of sp³-hybridized carbons (Fsp3) is 0.562. The zero-order chi connectivity index (χ0) is 15.6. The third-order valence-corrected chi connectivity index (χ3v) is 4.23. The van der Waals surface area contributed by atoms with Crippen molar-refractivity contribution in [2.75, 3.05) is 11.4 Å². The average Bonchev–Trinajstić information content (AvgIpc) is 2.84. The molecule has 1 heterocycles. The van der Waals surface area contributed by atoms with E-state index in [9.17, 15) is 4.79 Å². The molecule has 21 heavy (non-hydrogen) atoms. The van der Waals surface area contributed by atoms with Gasteiger partial charge in [0.2, 0.25) is 5.91 Å². The quantitative estimate of drug-likeness (QED) is 0.874. The first kappa shape index (κ1) is 16.3. The summed E-state index contributed by atoms with van der Waals surface area (Å²) in [6, 6.07) is 6.03. The number of halogens is 1. The van der Waals surface area contributed by atoms with Gasteiger partial charge in [-0.3, -0.25) is 4.79 Å². The summed E-state index contributed by atoms with van der Waals surface area (Å²) in [7, 11) is 0. The van der Waals surface area contributed by atoms with E-state index in [0.717, 1.165) is 36.1 Å². The first-order valence-electron chi connectivity index (χ1n) is 7.37. The number of hydrogen-bond acceptors (Lipinski definition) is 3. The summed E-state index contributed by atoms with van der Waals surface area (Å²) in [6.45, 7) is 8.09. The minimum Gasteiger partial charge on any atom is -0.368 e. The van der Waals surface area contributed by atoms with Crippen molar-refractivity contribution < 1.29 is 4.79 Å². The van der Waals surface area contributed by atoms with Crippen molar-refractivity contribution in [1.82, 2.24) is 5.32 Å². The van der Waals surface area contributed by atoms with Crippen LogP contribution in [0.5, 0.6) is 0 Å². The van der Waals surface area contributed by atoms with Crippen LogP contribution in [0.25, 0.3) is 0 Å². The number of rotatable bonds is 4. The van der Waals surface area contributed by atoms with Gasteiger partial charge < -0.3 is 16.0 Å². The van der Waals surface area contributed by atoms with Crippen LogP contribution in [0.1, 0.15) is 39.2 Å². The van der Waals surface area contributed by atoms with Crippen LogP contribution in [0, 0.1) is 0 Å². The van der Waals surface area contributed by atoms with Gasteiger partial charge in [0, 0.05) is 28.8 Å². The molecule has 2 rings (SSSR count). The highest BCUT2D eigenvalue weighted by atomic mass is 79.9. The number of carbonyl (C=O) groups excluding carboxylic acids is 1. The summed E-state index contributed by atoms with van der Waals surface area (Å²) >= 11 is 3.53. The van der Waals surface area contributed by atoms with Crippen molar-refractivity contribution in [3.63, 3.8) is 0 Å². The lowest BCUT2D eigenvalue weighted by Gasteiger charge is -2.28. The lowest BCUT2D eigenvalue weighted by atomic mass is 10.1. The van der Waals surface area contributed by atoms with E-state index in [-0.39, 0.29) is 17.5 Å². The topological polar surface area (TPSA) is 58.4 Å². The molecule has 1 aliphatic rings. The van der Waals surface area contributed by atoms with Gasteiger partial charge in [0.05, 0.1) is 0 Å². The van der Waals surface area contributed by atoms with Gasteiger partial charge in [-0.25, -0.2) is 0 Å². The predicted molar refractivity (Wildman–Crippen MR) is 90.3 cm³/mol. The number of anilines is 1. The van der Waals surface area contributed by atoms with Gasteiger partial charge >= 0.3 is 0 Å².